The molecule has 0 saturated carbocycles. The molecule has 7 rings (SSSR count). The molecular formula is C42H39IrN3O-2. The molecule has 0 aliphatic heterocycles. The van der Waals surface area contributed by atoms with Crippen molar-refractivity contribution in [3.63, 3.8) is 0 Å². The molecule has 5 heteroatoms. The summed E-state index contributed by atoms with van der Waals surface area (Å²) in [5.74, 6) is 1.57. The Bertz CT molecular complexity index is 2020. The van der Waals surface area contributed by atoms with Gasteiger partial charge in [0, 0.05) is 43.4 Å². The first kappa shape index (κ1) is 33.9. The number of furan rings is 1. The second-order valence-corrected chi connectivity index (χ2v) is 12.5. The summed E-state index contributed by atoms with van der Waals surface area (Å²) in [6.45, 7) is 13.4. The van der Waals surface area contributed by atoms with E-state index in [0.29, 0.717) is 23.5 Å². The molecule has 4 heterocycles. The average Bonchev–Trinajstić information content (AvgIpc) is 3.44. The van der Waals surface area contributed by atoms with Gasteiger partial charge in [-0.3, -0.25) is 0 Å². The van der Waals surface area contributed by atoms with Gasteiger partial charge in [-0.2, -0.15) is 0 Å². The summed E-state index contributed by atoms with van der Waals surface area (Å²) >= 11 is 0. The minimum Gasteiger partial charge on any atom is -0.486 e. The summed E-state index contributed by atoms with van der Waals surface area (Å²) < 4.78 is 6.39. The molecule has 0 unspecified atom stereocenters. The molecule has 239 valence electrons. The molecule has 0 aliphatic rings. The van der Waals surface area contributed by atoms with Crippen molar-refractivity contribution in [2.24, 2.45) is 11.8 Å². The van der Waals surface area contributed by atoms with Crippen LogP contribution in [0, 0.1) is 37.8 Å². The summed E-state index contributed by atoms with van der Waals surface area (Å²) in [6, 6.07) is 39.1. The summed E-state index contributed by atoms with van der Waals surface area (Å²) in [5, 5.41) is 2.06. The zero-order valence-electron chi connectivity index (χ0n) is 27.7. The molecular weight excluding hydrogens is 755 g/mol. The largest absolute Gasteiger partial charge is 0.486 e. The summed E-state index contributed by atoms with van der Waals surface area (Å²) in [6.07, 6.45) is 3.70. The summed E-state index contributed by atoms with van der Waals surface area (Å²) in [5.41, 5.74) is 11.1. The molecule has 7 aromatic rings. The van der Waals surface area contributed by atoms with Crippen molar-refractivity contribution in [3.05, 3.63) is 138 Å². The normalized spacial score (nSPS) is 11.2. The number of hydrogen-bond acceptors (Lipinski definition) is 4. The van der Waals surface area contributed by atoms with Crippen LogP contribution in [0.4, 0.5) is 0 Å². The predicted molar refractivity (Wildman–Crippen MR) is 189 cm³/mol. The number of aromatic nitrogens is 3. The second kappa shape index (κ2) is 15.0. The number of nitrogens with zero attached hydrogens (tertiary/aromatic N) is 3. The fraction of sp³-hybridized carbons (Fsp3) is 0.214. The van der Waals surface area contributed by atoms with Crippen LogP contribution in [-0.4, -0.2) is 15.0 Å². The van der Waals surface area contributed by atoms with E-state index in [9.17, 15) is 0 Å². The van der Waals surface area contributed by atoms with E-state index in [-0.39, 0.29) is 20.1 Å². The van der Waals surface area contributed by atoms with Crippen LogP contribution < -0.4 is 0 Å². The molecule has 0 N–H and O–H groups in total. The van der Waals surface area contributed by atoms with Crippen LogP contribution in [0.15, 0.2) is 114 Å². The SMILES string of the molecule is Cc1cccc(C)c1-c1ccc2c(n1)oc1c(-c3cc(C(C(C)C)C(C)C)ccn3)[c-]ccc12.[Ir].[c-]1ccccc1-c1ccccn1. The minimum atomic E-state index is 0. The van der Waals surface area contributed by atoms with Gasteiger partial charge in [-0.1, -0.05) is 80.6 Å². The van der Waals surface area contributed by atoms with Gasteiger partial charge in [-0.25, -0.2) is 4.98 Å². The number of fused-ring (bicyclic) bond motifs is 3. The zero-order chi connectivity index (χ0) is 32.2. The van der Waals surface area contributed by atoms with Crippen LogP contribution in [-0.2, 0) is 20.1 Å². The van der Waals surface area contributed by atoms with Crippen molar-refractivity contribution in [2.75, 3.05) is 0 Å². The Hall–Kier alpha value is -4.44. The molecule has 0 bridgehead atoms. The fourth-order valence-corrected chi connectivity index (χ4v) is 6.58. The maximum absolute atomic E-state index is 6.39. The molecule has 4 nitrogen and oxygen atoms in total. The van der Waals surface area contributed by atoms with Crippen molar-refractivity contribution in [3.8, 4) is 33.8 Å². The van der Waals surface area contributed by atoms with E-state index in [1.165, 1.54) is 22.3 Å². The van der Waals surface area contributed by atoms with Gasteiger partial charge >= 0.3 is 0 Å². The number of aryl methyl sites for hydroxylation is 2. The van der Waals surface area contributed by atoms with Crippen LogP contribution in [0.25, 0.3) is 55.8 Å². The predicted octanol–water partition coefficient (Wildman–Crippen LogP) is 11.1. The van der Waals surface area contributed by atoms with E-state index < -0.39 is 0 Å². The maximum atomic E-state index is 6.39. The third-order valence-electron chi connectivity index (χ3n) is 8.55. The molecule has 0 atom stereocenters. The Morgan fingerprint density at radius 2 is 1.38 bits per heavy atom. The third kappa shape index (κ3) is 7.27. The van der Waals surface area contributed by atoms with E-state index in [1.807, 2.05) is 54.7 Å². The van der Waals surface area contributed by atoms with Gasteiger partial charge in [-0.15, -0.1) is 54.1 Å². The van der Waals surface area contributed by atoms with Crippen LogP contribution >= 0.6 is 0 Å². The molecule has 4 aromatic heterocycles. The third-order valence-corrected chi connectivity index (χ3v) is 8.55. The van der Waals surface area contributed by atoms with E-state index in [2.05, 4.69) is 107 Å². The van der Waals surface area contributed by atoms with Crippen molar-refractivity contribution < 1.29 is 24.5 Å². The Labute approximate surface area is 291 Å². The minimum absolute atomic E-state index is 0. The molecule has 1 radical (unpaired) electrons. The van der Waals surface area contributed by atoms with Crippen molar-refractivity contribution in [1.82, 2.24) is 15.0 Å². The number of hydrogen-bond donors (Lipinski definition) is 0. The Balaban J connectivity index is 0.000000280. The molecule has 0 saturated heterocycles. The number of pyridine rings is 3. The Morgan fingerprint density at radius 3 is 2.06 bits per heavy atom. The number of benzene rings is 3. The first-order chi connectivity index (χ1) is 22.3. The summed E-state index contributed by atoms with van der Waals surface area (Å²) in [7, 11) is 0. The van der Waals surface area contributed by atoms with Gasteiger partial charge in [0.05, 0.1) is 11.3 Å². The van der Waals surface area contributed by atoms with E-state index in [4.69, 9.17) is 14.4 Å². The first-order valence-corrected chi connectivity index (χ1v) is 16.0. The van der Waals surface area contributed by atoms with Gasteiger partial charge in [0.1, 0.15) is 0 Å². The quantitative estimate of drug-likeness (QED) is 0.157. The Kier molecular flexibility index (Phi) is 10.8. The molecule has 0 amide bonds. The topological polar surface area (TPSA) is 51.8 Å². The van der Waals surface area contributed by atoms with Crippen LogP contribution in [0.3, 0.4) is 0 Å². The number of rotatable bonds is 6. The molecule has 0 aliphatic carbocycles. The zero-order valence-corrected chi connectivity index (χ0v) is 30.1. The van der Waals surface area contributed by atoms with E-state index >= 15 is 0 Å². The van der Waals surface area contributed by atoms with Crippen molar-refractivity contribution in [2.45, 2.75) is 47.5 Å². The van der Waals surface area contributed by atoms with Gasteiger partial charge in [-0.05, 0) is 78.4 Å². The van der Waals surface area contributed by atoms with Crippen LogP contribution in [0.5, 0.6) is 0 Å². The molecule has 0 fully saturated rings. The van der Waals surface area contributed by atoms with Crippen molar-refractivity contribution in [1.29, 1.82) is 0 Å². The van der Waals surface area contributed by atoms with Gasteiger partial charge in [0.15, 0.2) is 0 Å². The van der Waals surface area contributed by atoms with Gasteiger partial charge < -0.3 is 14.4 Å². The Morgan fingerprint density at radius 1 is 0.638 bits per heavy atom. The molecule has 3 aromatic carbocycles. The average molecular weight is 794 g/mol. The van der Waals surface area contributed by atoms with Crippen LogP contribution in [0.2, 0.25) is 0 Å². The monoisotopic (exact) mass is 794 g/mol. The maximum Gasteiger partial charge on any atom is 0.216 e. The van der Waals surface area contributed by atoms with Crippen molar-refractivity contribution >= 4 is 22.1 Å². The molecule has 0 spiro atoms. The molecule has 47 heavy (non-hydrogen) atoms. The van der Waals surface area contributed by atoms with Gasteiger partial charge in [0.25, 0.3) is 0 Å². The first-order valence-electron chi connectivity index (χ1n) is 16.0. The summed E-state index contributed by atoms with van der Waals surface area (Å²) in [4.78, 5) is 13.9. The van der Waals surface area contributed by atoms with E-state index in [1.54, 1.807) is 6.20 Å². The smallest absolute Gasteiger partial charge is 0.216 e. The standard InChI is InChI=1S/C31H31N2O.C11H8N.Ir/c1-18(2)28(19(3)4)22-15-16-32-27(17-22)25-12-8-11-23-24-13-14-26(33-31(24)34-30(23)25)29-20(5)9-7-10-21(29)6;1-2-6-10(7-3-1)11-8-4-5-9-12-11;/h7-11,13-19,28H,1-6H3;1-6,8-9H;/q2*-1;. The van der Waals surface area contributed by atoms with Crippen LogP contribution in [0.1, 0.15) is 50.3 Å². The van der Waals surface area contributed by atoms with E-state index in [0.717, 1.165) is 44.6 Å². The second-order valence-electron chi connectivity index (χ2n) is 12.5. The fourth-order valence-electron chi connectivity index (χ4n) is 6.58. The van der Waals surface area contributed by atoms with Gasteiger partial charge in [0.2, 0.25) is 5.71 Å².